The van der Waals surface area contributed by atoms with Gasteiger partial charge in [0.15, 0.2) is 0 Å². The normalized spacial score (nSPS) is 23.2. The number of amides is 1. The maximum atomic E-state index is 12.4. The Balaban J connectivity index is 1.40. The average Bonchev–Trinajstić information content (AvgIpc) is 3.62. The van der Waals surface area contributed by atoms with Crippen LogP contribution in [0.2, 0.25) is 0 Å². The van der Waals surface area contributed by atoms with E-state index in [0.29, 0.717) is 17.9 Å². The van der Waals surface area contributed by atoms with Crippen LogP contribution in [0.4, 0.5) is 10.5 Å². The number of carbonyl (C=O) groups is 2. The van der Waals surface area contributed by atoms with E-state index in [4.69, 9.17) is 9.47 Å². The number of anilines is 1. The van der Waals surface area contributed by atoms with E-state index >= 15 is 0 Å². The summed E-state index contributed by atoms with van der Waals surface area (Å²) in [5.74, 6) is 1.11. The SMILES string of the molecule is COC(=O)[C@@H](C)[C@H](c1ccc2c(c1)NC(C1CCN(C(=O)OC(C)(C)C)CC1)CC2)C1CC1. The summed E-state index contributed by atoms with van der Waals surface area (Å²) in [5.41, 5.74) is 3.38. The van der Waals surface area contributed by atoms with Gasteiger partial charge in [-0.15, -0.1) is 0 Å². The molecule has 1 aromatic carbocycles. The number of esters is 1. The van der Waals surface area contributed by atoms with Crippen LogP contribution in [-0.2, 0) is 20.7 Å². The highest BCUT2D eigenvalue weighted by Gasteiger charge is 2.40. The van der Waals surface area contributed by atoms with Gasteiger partial charge in [0.2, 0.25) is 0 Å². The average molecular weight is 457 g/mol. The third-order valence-electron chi connectivity index (χ3n) is 7.59. The lowest BCUT2D eigenvalue weighted by Gasteiger charge is -2.39. The lowest BCUT2D eigenvalue weighted by molar-refractivity contribution is -0.145. The second kappa shape index (κ2) is 9.55. The van der Waals surface area contributed by atoms with Crippen LogP contribution < -0.4 is 5.32 Å². The molecule has 6 nitrogen and oxygen atoms in total. The van der Waals surface area contributed by atoms with Crippen LogP contribution in [0.5, 0.6) is 0 Å². The van der Waals surface area contributed by atoms with Crippen LogP contribution in [0.15, 0.2) is 18.2 Å². The second-order valence-corrected chi connectivity index (χ2v) is 11.2. The van der Waals surface area contributed by atoms with E-state index in [0.717, 1.165) is 38.8 Å². The number of likely N-dealkylation sites (tertiary alicyclic amines) is 1. The Morgan fingerprint density at radius 1 is 1.09 bits per heavy atom. The number of piperidine rings is 1. The summed E-state index contributed by atoms with van der Waals surface area (Å²) < 4.78 is 10.6. The van der Waals surface area contributed by atoms with Crippen molar-refractivity contribution in [3.05, 3.63) is 29.3 Å². The highest BCUT2D eigenvalue weighted by atomic mass is 16.6. The zero-order chi connectivity index (χ0) is 23.8. The molecule has 182 valence electrons. The molecule has 33 heavy (non-hydrogen) atoms. The molecule has 0 aromatic heterocycles. The van der Waals surface area contributed by atoms with Crippen molar-refractivity contribution in [1.82, 2.24) is 4.90 Å². The third-order valence-corrected chi connectivity index (χ3v) is 7.59. The second-order valence-electron chi connectivity index (χ2n) is 11.2. The number of methoxy groups -OCH3 is 1. The van der Waals surface area contributed by atoms with E-state index in [9.17, 15) is 9.59 Å². The van der Waals surface area contributed by atoms with Crippen molar-refractivity contribution in [3.8, 4) is 0 Å². The molecule has 1 aromatic rings. The Bertz CT molecular complexity index is 865. The van der Waals surface area contributed by atoms with Gasteiger partial charge in [-0.25, -0.2) is 4.79 Å². The van der Waals surface area contributed by atoms with E-state index < -0.39 is 5.60 Å². The minimum atomic E-state index is -0.454. The number of nitrogens with one attached hydrogen (secondary N) is 1. The number of fused-ring (bicyclic) bond motifs is 1. The van der Waals surface area contributed by atoms with Gasteiger partial charge in [0.1, 0.15) is 5.60 Å². The lowest BCUT2D eigenvalue weighted by Crippen LogP contribution is -2.45. The summed E-state index contributed by atoms with van der Waals surface area (Å²) in [6, 6.07) is 7.19. The van der Waals surface area contributed by atoms with Crippen LogP contribution in [0, 0.1) is 17.8 Å². The molecule has 3 aliphatic rings. The van der Waals surface area contributed by atoms with Gasteiger partial charge in [0.05, 0.1) is 13.0 Å². The molecule has 1 unspecified atom stereocenters. The molecule has 1 N–H and O–H groups in total. The van der Waals surface area contributed by atoms with E-state index in [1.165, 1.54) is 36.8 Å². The maximum Gasteiger partial charge on any atom is 0.410 e. The standard InChI is InChI=1S/C27H40N2O4/c1-17(25(30)32-5)24(20-7-8-20)21-9-6-18-10-11-22(28-23(18)16-21)19-12-14-29(15-13-19)26(31)33-27(2,3)4/h6,9,16-17,19-20,22,24,28H,7-8,10-15H2,1-5H3/t17-,22?,24-/m0/s1. The highest BCUT2D eigenvalue weighted by Crippen LogP contribution is 2.48. The van der Waals surface area contributed by atoms with E-state index in [-0.39, 0.29) is 23.9 Å². The summed E-state index contributed by atoms with van der Waals surface area (Å²) in [6.45, 7) is 9.25. The Hall–Kier alpha value is -2.24. The molecule has 2 fully saturated rings. The predicted octanol–water partition coefficient (Wildman–Crippen LogP) is 5.36. The first-order valence-corrected chi connectivity index (χ1v) is 12.6. The molecule has 0 spiro atoms. The van der Waals surface area contributed by atoms with Gasteiger partial charge in [0, 0.05) is 24.8 Å². The number of rotatable bonds is 5. The fourth-order valence-electron chi connectivity index (χ4n) is 5.66. The van der Waals surface area contributed by atoms with Gasteiger partial charge >= 0.3 is 12.1 Å². The molecule has 3 atom stereocenters. The van der Waals surface area contributed by atoms with E-state index in [1.807, 2.05) is 32.6 Å². The molecule has 4 rings (SSSR count). The number of ether oxygens (including phenoxy) is 2. The largest absolute Gasteiger partial charge is 0.469 e. The summed E-state index contributed by atoms with van der Waals surface area (Å²) in [4.78, 5) is 26.5. The van der Waals surface area contributed by atoms with Gasteiger partial charge in [-0.2, -0.15) is 0 Å². The smallest absolute Gasteiger partial charge is 0.410 e. The van der Waals surface area contributed by atoms with Crippen molar-refractivity contribution in [1.29, 1.82) is 0 Å². The summed E-state index contributed by atoms with van der Waals surface area (Å²) in [7, 11) is 1.48. The molecule has 0 bridgehead atoms. The molecule has 6 heteroatoms. The van der Waals surface area contributed by atoms with Crippen molar-refractivity contribution in [3.63, 3.8) is 0 Å². The minimum absolute atomic E-state index is 0.118. The van der Waals surface area contributed by atoms with Crippen LogP contribution >= 0.6 is 0 Å². The van der Waals surface area contributed by atoms with Gasteiger partial charge < -0.3 is 19.7 Å². The lowest BCUT2D eigenvalue weighted by atomic mass is 9.80. The molecule has 1 saturated carbocycles. The molecule has 2 aliphatic heterocycles. The molecule has 1 aliphatic carbocycles. The van der Waals surface area contributed by atoms with Crippen LogP contribution in [0.1, 0.15) is 76.8 Å². The van der Waals surface area contributed by atoms with Gasteiger partial charge in [-0.1, -0.05) is 19.1 Å². The quantitative estimate of drug-likeness (QED) is 0.604. The zero-order valence-corrected chi connectivity index (χ0v) is 20.9. The molecular weight excluding hydrogens is 416 g/mol. The first-order chi connectivity index (χ1) is 15.7. The van der Waals surface area contributed by atoms with Crippen molar-refractivity contribution < 1.29 is 19.1 Å². The van der Waals surface area contributed by atoms with Crippen molar-refractivity contribution in [2.75, 3.05) is 25.5 Å². The van der Waals surface area contributed by atoms with Crippen LogP contribution in [0.3, 0.4) is 0 Å². The van der Waals surface area contributed by atoms with E-state index in [2.05, 4.69) is 23.5 Å². The Kier molecular flexibility index (Phi) is 6.92. The number of hydrogen-bond donors (Lipinski definition) is 1. The van der Waals surface area contributed by atoms with Gasteiger partial charge in [-0.3, -0.25) is 4.79 Å². The Morgan fingerprint density at radius 2 is 1.79 bits per heavy atom. The number of aryl methyl sites for hydroxylation is 1. The molecule has 0 radical (unpaired) electrons. The minimum Gasteiger partial charge on any atom is -0.469 e. The summed E-state index contributed by atoms with van der Waals surface area (Å²) in [6.07, 6.45) is 6.36. The first-order valence-electron chi connectivity index (χ1n) is 12.6. The summed E-state index contributed by atoms with van der Waals surface area (Å²) in [5, 5.41) is 3.83. The van der Waals surface area contributed by atoms with Crippen LogP contribution in [-0.4, -0.2) is 48.8 Å². The number of hydrogen-bond acceptors (Lipinski definition) is 5. The van der Waals surface area contributed by atoms with Crippen molar-refractivity contribution >= 4 is 17.7 Å². The van der Waals surface area contributed by atoms with Crippen molar-refractivity contribution in [2.24, 2.45) is 17.8 Å². The van der Waals surface area contributed by atoms with Crippen LogP contribution in [0.25, 0.3) is 0 Å². The first kappa shape index (κ1) is 23.9. The zero-order valence-electron chi connectivity index (χ0n) is 20.9. The highest BCUT2D eigenvalue weighted by molar-refractivity contribution is 5.73. The molecule has 1 amide bonds. The monoisotopic (exact) mass is 456 g/mol. The van der Waals surface area contributed by atoms with Crippen molar-refractivity contribution in [2.45, 2.75) is 83.8 Å². The molecule has 2 heterocycles. The number of benzene rings is 1. The number of nitrogens with zero attached hydrogens (tertiary/aromatic N) is 1. The van der Waals surface area contributed by atoms with Gasteiger partial charge in [0.25, 0.3) is 0 Å². The maximum absolute atomic E-state index is 12.4. The topological polar surface area (TPSA) is 67.9 Å². The Morgan fingerprint density at radius 3 is 2.39 bits per heavy atom. The Labute approximate surface area is 198 Å². The summed E-state index contributed by atoms with van der Waals surface area (Å²) >= 11 is 0. The van der Waals surface area contributed by atoms with Gasteiger partial charge in [-0.05, 0) is 94.2 Å². The number of carbonyl (C=O) groups excluding carboxylic acids is 2. The fraction of sp³-hybridized carbons (Fsp3) is 0.704. The third kappa shape index (κ3) is 5.64. The molecule has 1 saturated heterocycles. The fourth-order valence-corrected chi connectivity index (χ4v) is 5.66. The van der Waals surface area contributed by atoms with E-state index in [1.54, 1.807) is 0 Å². The predicted molar refractivity (Wildman–Crippen MR) is 129 cm³/mol. The molecular formula is C27H40N2O4.